The number of aromatic carboxylic acids is 1. The Morgan fingerprint density at radius 3 is 2.67 bits per heavy atom. The van der Waals surface area contributed by atoms with Crippen LogP contribution in [0.15, 0.2) is 24.3 Å². The summed E-state index contributed by atoms with van der Waals surface area (Å²) in [5.41, 5.74) is 1.05. The molecule has 0 radical (unpaired) electrons. The van der Waals surface area contributed by atoms with Crippen molar-refractivity contribution >= 4 is 11.9 Å². The minimum atomic E-state index is -0.930. The largest absolute Gasteiger partial charge is 0.478 e. The lowest BCUT2D eigenvalue weighted by Crippen LogP contribution is -2.51. The fraction of sp³-hybridized carbons (Fsp3) is 0.385. The lowest BCUT2D eigenvalue weighted by atomic mass is 10.0. The van der Waals surface area contributed by atoms with Gasteiger partial charge in [0, 0.05) is 19.6 Å². The highest BCUT2D eigenvalue weighted by molar-refractivity contribution is 5.89. The maximum absolute atomic E-state index is 11.6. The summed E-state index contributed by atoms with van der Waals surface area (Å²) >= 11 is 0. The van der Waals surface area contributed by atoms with Gasteiger partial charge in [0.1, 0.15) is 0 Å². The molecule has 0 saturated carbocycles. The van der Waals surface area contributed by atoms with Gasteiger partial charge >= 0.3 is 5.97 Å². The van der Waals surface area contributed by atoms with Crippen molar-refractivity contribution in [3.8, 4) is 0 Å². The summed E-state index contributed by atoms with van der Waals surface area (Å²) in [6.07, 6.45) is 0.536. The Bertz CT molecular complexity index is 455. The van der Waals surface area contributed by atoms with Crippen molar-refractivity contribution in [3.05, 3.63) is 35.4 Å². The Morgan fingerprint density at radius 1 is 1.33 bits per heavy atom. The molecule has 1 aliphatic rings. The molecule has 5 nitrogen and oxygen atoms in total. The third-order valence-corrected chi connectivity index (χ3v) is 3.09. The molecule has 2 rings (SSSR count). The average molecular weight is 248 g/mol. The number of benzene rings is 1. The molecule has 1 fully saturated rings. The monoisotopic (exact) mass is 248 g/mol. The molecule has 1 saturated heterocycles. The number of rotatable bonds is 5. The Hall–Kier alpha value is -1.88. The molecule has 0 aromatic heterocycles. The second-order valence-electron chi connectivity index (χ2n) is 4.36. The van der Waals surface area contributed by atoms with Crippen molar-refractivity contribution in [1.29, 1.82) is 0 Å². The number of hydrogen-bond acceptors (Lipinski definition) is 3. The SMILES string of the molecule is O=C(O)c1ccccc1CCNC(=O)C1CNC1. The molecule has 0 aliphatic carbocycles. The Kier molecular flexibility index (Phi) is 3.94. The molecule has 1 heterocycles. The molecule has 1 aromatic rings. The van der Waals surface area contributed by atoms with E-state index in [9.17, 15) is 9.59 Å². The molecule has 0 bridgehead atoms. The number of carbonyl (C=O) groups is 2. The fourth-order valence-corrected chi connectivity index (χ4v) is 1.89. The molecule has 96 valence electrons. The van der Waals surface area contributed by atoms with Gasteiger partial charge in [-0.2, -0.15) is 0 Å². The number of carboxylic acids is 1. The maximum Gasteiger partial charge on any atom is 0.335 e. The van der Waals surface area contributed by atoms with Gasteiger partial charge < -0.3 is 15.7 Å². The topological polar surface area (TPSA) is 78.4 Å². The van der Waals surface area contributed by atoms with Crippen LogP contribution >= 0.6 is 0 Å². The summed E-state index contributed by atoms with van der Waals surface area (Å²) < 4.78 is 0. The highest BCUT2D eigenvalue weighted by atomic mass is 16.4. The van der Waals surface area contributed by atoms with E-state index in [2.05, 4.69) is 10.6 Å². The first-order chi connectivity index (χ1) is 8.68. The van der Waals surface area contributed by atoms with Crippen molar-refractivity contribution in [2.24, 2.45) is 5.92 Å². The summed E-state index contributed by atoms with van der Waals surface area (Å²) in [4.78, 5) is 22.6. The predicted molar refractivity (Wildman–Crippen MR) is 66.5 cm³/mol. The van der Waals surface area contributed by atoms with E-state index in [4.69, 9.17) is 5.11 Å². The van der Waals surface area contributed by atoms with E-state index in [1.54, 1.807) is 24.3 Å². The van der Waals surface area contributed by atoms with Gasteiger partial charge in [-0.25, -0.2) is 4.79 Å². The maximum atomic E-state index is 11.6. The molecule has 1 amide bonds. The van der Waals surface area contributed by atoms with Gasteiger partial charge in [-0.3, -0.25) is 4.79 Å². The van der Waals surface area contributed by atoms with Crippen LogP contribution in [0.25, 0.3) is 0 Å². The van der Waals surface area contributed by atoms with Gasteiger partial charge in [0.25, 0.3) is 0 Å². The van der Waals surface area contributed by atoms with Crippen LogP contribution in [0.5, 0.6) is 0 Å². The number of carbonyl (C=O) groups excluding carboxylic acids is 1. The summed E-state index contributed by atoms with van der Waals surface area (Å²) in [5, 5.41) is 14.9. The number of hydrogen-bond donors (Lipinski definition) is 3. The average Bonchev–Trinajstić information content (AvgIpc) is 2.27. The molecule has 0 atom stereocenters. The van der Waals surface area contributed by atoms with Crippen molar-refractivity contribution in [2.45, 2.75) is 6.42 Å². The Morgan fingerprint density at radius 2 is 2.06 bits per heavy atom. The van der Waals surface area contributed by atoms with Crippen LogP contribution in [0.4, 0.5) is 0 Å². The molecule has 1 aromatic carbocycles. The van der Waals surface area contributed by atoms with Crippen LogP contribution in [-0.4, -0.2) is 36.6 Å². The van der Waals surface area contributed by atoms with Gasteiger partial charge in [-0.1, -0.05) is 18.2 Å². The van der Waals surface area contributed by atoms with Crippen LogP contribution in [-0.2, 0) is 11.2 Å². The Labute approximate surface area is 105 Å². The molecule has 5 heteroatoms. The van der Waals surface area contributed by atoms with E-state index in [1.807, 2.05) is 0 Å². The smallest absolute Gasteiger partial charge is 0.335 e. The van der Waals surface area contributed by atoms with Crippen LogP contribution in [0.1, 0.15) is 15.9 Å². The summed E-state index contributed by atoms with van der Waals surface area (Å²) in [6, 6.07) is 6.86. The quantitative estimate of drug-likeness (QED) is 0.698. The van der Waals surface area contributed by atoms with E-state index in [-0.39, 0.29) is 11.8 Å². The molecule has 18 heavy (non-hydrogen) atoms. The van der Waals surface area contributed by atoms with E-state index in [1.165, 1.54) is 0 Å². The zero-order valence-electron chi connectivity index (χ0n) is 9.98. The van der Waals surface area contributed by atoms with Crippen LogP contribution in [0.2, 0.25) is 0 Å². The van der Waals surface area contributed by atoms with Crippen LogP contribution in [0, 0.1) is 5.92 Å². The van der Waals surface area contributed by atoms with E-state index in [0.717, 1.165) is 18.7 Å². The minimum absolute atomic E-state index is 0.0431. The first kappa shape index (κ1) is 12.6. The number of amides is 1. The zero-order chi connectivity index (χ0) is 13.0. The number of nitrogens with one attached hydrogen (secondary N) is 2. The van der Waals surface area contributed by atoms with Gasteiger partial charge in [0.05, 0.1) is 11.5 Å². The lowest BCUT2D eigenvalue weighted by Gasteiger charge is -2.25. The highest BCUT2D eigenvalue weighted by Crippen LogP contribution is 2.09. The molecule has 0 spiro atoms. The second-order valence-corrected chi connectivity index (χ2v) is 4.36. The van der Waals surface area contributed by atoms with Gasteiger partial charge in [0.15, 0.2) is 0 Å². The minimum Gasteiger partial charge on any atom is -0.478 e. The molecule has 0 unspecified atom stereocenters. The normalized spacial score (nSPS) is 14.9. The van der Waals surface area contributed by atoms with E-state index >= 15 is 0 Å². The van der Waals surface area contributed by atoms with E-state index in [0.29, 0.717) is 18.5 Å². The fourth-order valence-electron chi connectivity index (χ4n) is 1.89. The number of carboxylic acid groups (broad SMARTS) is 1. The van der Waals surface area contributed by atoms with Crippen molar-refractivity contribution in [3.63, 3.8) is 0 Å². The summed E-state index contributed by atoms with van der Waals surface area (Å²) in [5.74, 6) is -0.818. The van der Waals surface area contributed by atoms with Gasteiger partial charge in [-0.15, -0.1) is 0 Å². The predicted octanol–water partition coefficient (Wildman–Crippen LogP) is 0.263. The standard InChI is InChI=1S/C13H16N2O3/c16-12(10-7-14-8-10)15-6-5-9-3-1-2-4-11(9)13(17)18/h1-4,10,14H,5-8H2,(H,15,16)(H,17,18). The summed E-state index contributed by atoms with van der Waals surface area (Å²) in [7, 11) is 0. The lowest BCUT2D eigenvalue weighted by molar-refractivity contribution is -0.126. The van der Waals surface area contributed by atoms with Crippen molar-refractivity contribution in [2.75, 3.05) is 19.6 Å². The molecule has 1 aliphatic heterocycles. The molecular weight excluding hydrogens is 232 g/mol. The van der Waals surface area contributed by atoms with Crippen molar-refractivity contribution in [1.82, 2.24) is 10.6 Å². The third-order valence-electron chi connectivity index (χ3n) is 3.09. The molecule has 3 N–H and O–H groups in total. The molecular formula is C13H16N2O3. The van der Waals surface area contributed by atoms with Crippen LogP contribution in [0.3, 0.4) is 0 Å². The second kappa shape index (κ2) is 5.64. The van der Waals surface area contributed by atoms with Crippen LogP contribution < -0.4 is 10.6 Å². The van der Waals surface area contributed by atoms with E-state index < -0.39 is 5.97 Å². The zero-order valence-corrected chi connectivity index (χ0v) is 9.98. The van der Waals surface area contributed by atoms with Crippen molar-refractivity contribution < 1.29 is 14.7 Å². The first-order valence-electron chi connectivity index (χ1n) is 5.98. The Balaban J connectivity index is 1.86. The van der Waals surface area contributed by atoms with Gasteiger partial charge in [-0.05, 0) is 18.1 Å². The van der Waals surface area contributed by atoms with Gasteiger partial charge in [0.2, 0.25) is 5.91 Å². The highest BCUT2D eigenvalue weighted by Gasteiger charge is 2.24. The summed E-state index contributed by atoms with van der Waals surface area (Å²) in [6.45, 7) is 1.94. The third kappa shape index (κ3) is 2.87. The first-order valence-corrected chi connectivity index (χ1v) is 5.98.